The maximum Gasteiger partial charge on any atom is 0.327 e. The zero-order chi connectivity index (χ0) is 14.2. The number of esters is 1. The second-order valence-electron chi connectivity index (χ2n) is 5.05. The molecule has 0 fully saturated rings. The molecule has 0 spiro atoms. The number of rotatable bonds is 7. The standard InChI is InChI=1S/C17H23NO2/c1-2-20-17(19)16(15-10-4-3-5-11-15)18-13-12-14-8-6-7-9-14/h3-5,8,10-11,16,18H,2,6-7,9,12-13H2,1H3. The fraction of sp³-hybridized carbons (Fsp3) is 0.471. The highest BCUT2D eigenvalue weighted by atomic mass is 16.5. The first-order valence-electron chi connectivity index (χ1n) is 7.44. The largest absolute Gasteiger partial charge is 0.465 e. The first-order chi connectivity index (χ1) is 9.81. The van der Waals surface area contributed by atoms with E-state index < -0.39 is 0 Å². The van der Waals surface area contributed by atoms with Crippen LogP contribution in [-0.2, 0) is 9.53 Å². The van der Waals surface area contributed by atoms with Crippen LogP contribution >= 0.6 is 0 Å². The molecular formula is C17H23NO2. The fourth-order valence-electron chi connectivity index (χ4n) is 2.55. The van der Waals surface area contributed by atoms with Crippen molar-refractivity contribution in [1.82, 2.24) is 5.32 Å². The Morgan fingerprint density at radius 3 is 2.80 bits per heavy atom. The van der Waals surface area contributed by atoms with Gasteiger partial charge in [-0.2, -0.15) is 0 Å². The lowest BCUT2D eigenvalue weighted by atomic mass is 10.1. The smallest absolute Gasteiger partial charge is 0.327 e. The van der Waals surface area contributed by atoms with Crippen molar-refractivity contribution in [3.05, 3.63) is 47.5 Å². The van der Waals surface area contributed by atoms with Gasteiger partial charge in [-0.15, -0.1) is 0 Å². The zero-order valence-corrected chi connectivity index (χ0v) is 12.1. The van der Waals surface area contributed by atoms with E-state index in [-0.39, 0.29) is 12.0 Å². The zero-order valence-electron chi connectivity index (χ0n) is 12.1. The second-order valence-corrected chi connectivity index (χ2v) is 5.05. The first kappa shape index (κ1) is 14.8. The van der Waals surface area contributed by atoms with Gasteiger partial charge in [-0.3, -0.25) is 0 Å². The molecule has 1 aliphatic carbocycles. The Kier molecular flexibility index (Phi) is 5.81. The summed E-state index contributed by atoms with van der Waals surface area (Å²) < 4.78 is 5.16. The van der Waals surface area contributed by atoms with Crippen LogP contribution in [0.5, 0.6) is 0 Å². The van der Waals surface area contributed by atoms with Crippen LogP contribution in [0.25, 0.3) is 0 Å². The summed E-state index contributed by atoms with van der Waals surface area (Å²) in [6.45, 7) is 3.06. The topological polar surface area (TPSA) is 38.3 Å². The summed E-state index contributed by atoms with van der Waals surface area (Å²) in [5, 5.41) is 3.33. The van der Waals surface area contributed by atoms with Crippen molar-refractivity contribution in [2.45, 2.75) is 38.6 Å². The molecular weight excluding hydrogens is 250 g/mol. The van der Waals surface area contributed by atoms with Gasteiger partial charge in [0.15, 0.2) is 0 Å². The van der Waals surface area contributed by atoms with Gasteiger partial charge in [-0.25, -0.2) is 4.79 Å². The maximum atomic E-state index is 12.1. The second kappa shape index (κ2) is 7.85. The molecule has 0 heterocycles. The molecule has 1 aromatic carbocycles. The van der Waals surface area contributed by atoms with E-state index in [0.29, 0.717) is 6.61 Å². The Bertz CT molecular complexity index is 453. The molecule has 2 rings (SSSR count). The van der Waals surface area contributed by atoms with Crippen molar-refractivity contribution in [3.8, 4) is 0 Å². The lowest BCUT2D eigenvalue weighted by Gasteiger charge is -2.17. The first-order valence-corrected chi connectivity index (χ1v) is 7.44. The molecule has 0 saturated heterocycles. The highest BCUT2D eigenvalue weighted by Crippen LogP contribution is 2.21. The number of hydrogen-bond acceptors (Lipinski definition) is 3. The number of allylic oxidation sites excluding steroid dienone is 1. The molecule has 1 aliphatic rings. The van der Waals surface area contributed by atoms with Crippen LogP contribution in [0.4, 0.5) is 0 Å². The Hall–Kier alpha value is -1.61. The van der Waals surface area contributed by atoms with Crippen LogP contribution in [0.3, 0.4) is 0 Å². The maximum absolute atomic E-state index is 12.1. The van der Waals surface area contributed by atoms with E-state index in [0.717, 1.165) is 18.5 Å². The Morgan fingerprint density at radius 2 is 2.15 bits per heavy atom. The van der Waals surface area contributed by atoms with Gasteiger partial charge in [0, 0.05) is 0 Å². The summed E-state index contributed by atoms with van der Waals surface area (Å²) in [5.74, 6) is -0.195. The molecule has 3 nitrogen and oxygen atoms in total. The summed E-state index contributed by atoms with van der Waals surface area (Å²) in [6.07, 6.45) is 7.02. The molecule has 1 unspecified atom stereocenters. The summed E-state index contributed by atoms with van der Waals surface area (Å²) in [4.78, 5) is 12.1. The molecule has 1 aromatic rings. The van der Waals surface area contributed by atoms with E-state index in [1.54, 1.807) is 0 Å². The summed E-state index contributed by atoms with van der Waals surface area (Å²) in [5.41, 5.74) is 2.47. The minimum absolute atomic E-state index is 0.195. The molecule has 108 valence electrons. The minimum atomic E-state index is -0.363. The van der Waals surface area contributed by atoms with Gasteiger partial charge in [0.05, 0.1) is 6.61 Å². The lowest BCUT2D eigenvalue weighted by molar-refractivity contribution is -0.145. The SMILES string of the molecule is CCOC(=O)C(NCCC1=CCCC1)c1ccccc1. The fourth-order valence-corrected chi connectivity index (χ4v) is 2.55. The quantitative estimate of drug-likeness (QED) is 0.611. The molecule has 3 heteroatoms. The van der Waals surface area contributed by atoms with Crippen molar-refractivity contribution in [2.24, 2.45) is 0 Å². The number of benzene rings is 1. The van der Waals surface area contributed by atoms with E-state index in [1.807, 2.05) is 37.3 Å². The highest BCUT2D eigenvalue weighted by Gasteiger charge is 2.21. The van der Waals surface area contributed by atoms with E-state index in [2.05, 4.69) is 11.4 Å². The molecule has 20 heavy (non-hydrogen) atoms. The van der Waals surface area contributed by atoms with Crippen LogP contribution in [0, 0.1) is 0 Å². The number of carbonyl (C=O) groups is 1. The van der Waals surface area contributed by atoms with Crippen molar-refractivity contribution >= 4 is 5.97 Å². The number of hydrogen-bond donors (Lipinski definition) is 1. The Morgan fingerprint density at radius 1 is 1.35 bits per heavy atom. The third kappa shape index (κ3) is 4.20. The van der Waals surface area contributed by atoms with Gasteiger partial charge >= 0.3 is 5.97 Å². The average Bonchev–Trinajstić information content (AvgIpc) is 2.98. The van der Waals surface area contributed by atoms with Crippen LogP contribution in [0.1, 0.15) is 44.2 Å². The summed E-state index contributed by atoms with van der Waals surface area (Å²) >= 11 is 0. The number of nitrogens with one attached hydrogen (secondary N) is 1. The van der Waals surface area contributed by atoms with Crippen molar-refractivity contribution in [3.63, 3.8) is 0 Å². The average molecular weight is 273 g/mol. The van der Waals surface area contributed by atoms with Gasteiger partial charge in [-0.1, -0.05) is 42.0 Å². The lowest BCUT2D eigenvalue weighted by Crippen LogP contribution is -2.31. The predicted molar refractivity (Wildman–Crippen MR) is 80.4 cm³/mol. The number of ether oxygens (including phenoxy) is 1. The number of carbonyl (C=O) groups excluding carboxylic acids is 1. The third-order valence-corrected chi connectivity index (χ3v) is 3.58. The molecule has 0 aliphatic heterocycles. The molecule has 0 saturated carbocycles. The Labute approximate surface area is 121 Å². The third-order valence-electron chi connectivity index (χ3n) is 3.58. The minimum Gasteiger partial charge on any atom is -0.465 e. The van der Waals surface area contributed by atoms with Crippen molar-refractivity contribution < 1.29 is 9.53 Å². The molecule has 0 radical (unpaired) electrons. The van der Waals surface area contributed by atoms with Crippen molar-refractivity contribution in [1.29, 1.82) is 0 Å². The monoisotopic (exact) mass is 273 g/mol. The van der Waals surface area contributed by atoms with Crippen LogP contribution in [0.15, 0.2) is 42.0 Å². The van der Waals surface area contributed by atoms with E-state index in [1.165, 1.54) is 24.8 Å². The highest BCUT2D eigenvalue weighted by molar-refractivity contribution is 5.77. The van der Waals surface area contributed by atoms with E-state index in [9.17, 15) is 4.79 Å². The molecule has 1 atom stereocenters. The van der Waals surface area contributed by atoms with Crippen LogP contribution < -0.4 is 5.32 Å². The molecule has 0 amide bonds. The van der Waals surface area contributed by atoms with Gasteiger partial charge in [-0.05, 0) is 44.7 Å². The van der Waals surface area contributed by atoms with Gasteiger partial charge < -0.3 is 10.1 Å². The van der Waals surface area contributed by atoms with Gasteiger partial charge in [0.1, 0.15) is 6.04 Å². The Balaban J connectivity index is 1.93. The van der Waals surface area contributed by atoms with Crippen LogP contribution in [0.2, 0.25) is 0 Å². The van der Waals surface area contributed by atoms with Gasteiger partial charge in [0.25, 0.3) is 0 Å². The van der Waals surface area contributed by atoms with Crippen LogP contribution in [-0.4, -0.2) is 19.1 Å². The molecule has 0 aromatic heterocycles. The predicted octanol–water partition coefficient (Wildman–Crippen LogP) is 3.38. The van der Waals surface area contributed by atoms with E-state index in [4.69, 9.17) is 4.74 Å². The summed E-state index contributed by atoms with van der Waals surface area (Å²) in [6, 6.07) is 9.41. The summed E-state index contributed by atoms with van der Waals surface area (Å²) in [7, 11) is 0. The van der Waals surface area contributed by atoms with Crippen molar-refractivity contribution in [2.75, 3.05) is 13.2 Å². The molecule has 1 N–H and O–H groups in total. The normalized spacial score (nSPS) is 15.8. The molecule has 0 bridgehead atoms. The van der Waals surface area contributed by atoms with E-state index >= 15 is 0 Å². The van der Waals surface area contributed by atoms with Gasteiger partial charge in [0.2, 0.25) is 0 Å².